The van der Waals surface area contributed by atoms with Crippen LogP contribution in [0, 0.1) is 13.8 Å². The van der Waals surface area contributed by atoms with Crippen LogP contribution in [0.2, 0.25) is 0 Å². The Bertz CT molecular complexity index is 734. The summed E-state index contributed by atoms with van der Waals surface area (Å²) >= 11 is 0. The third-order valence-electron chi connectivity index (χ3n) is 3.59. The molecule has 1 aromatic heterocycles. The first kappa shape index (κ1) is 17.4. The molecule has 2 aromatic rings. The number of nitrogens with zero attached hydrogens (tertiary/aromatic N) is 2. The van der Waals surface area contributed by atoms with Crippen LogP contribution in [0.5, 0.6) is 0 Å². The Morgan fingerprint density at radius 2 is 1.83 bits per heavy atom. The largest absolute Gasteiger partial charge is 0.333 e. The van der Waals surface area contributed by atoms with E-state index in [1.165, 1.54) is 11.0 Å². The van der Waals surface area contributed by atoms with Gasteiger partial charge in [-0.25, -0.2) is 0 Å². The predicted molar refractivity (Wildman–Crippen MR) is 95.5 cm³/mol. The number of likely N-dealkylation sites (N-methyl/N-ethyl adjacent to an activating group) is 1. The Kier molecular flexibility index (Phi) is 5.84. The lowest BCUT2D eigenvalue weighted by molar-refractivity contribution is -0.129. The summed E-state index contributed by atoms with van der Waals surface area (Å²) in [6.07, 6.45) is 4.70. The lowest BCUT2D eigenvalue weighted by Gasteiger charge is -2.16. The van der Waals surface area contributed by atoms with Crippen molar-refractivity contribution in [1.82, 2.24) is 9.88 Å². The third-order valence-corrected chi connectivity index (χ3v) is 3.59. The third kappa shape index (κ3) is 4.78. The molecule has 0 atom stereocenters. The van der Waals surface area contributed by atoms with Crippen molar-refractivity contribution in [3.05, 3.63) is 65.5 Å². The molecule has 2 amide bonds. The van der Waals surface area contributed by atoms with Crippen molar-refractivity contribution in [2.75, 3.05) is 18.9 Å². The summed E-state index contributed by atoms with van der Waals surface area (Å²) in [5, 5.41) is 2.87. The number of carbonyl (C=O) groups is 2. The van der Waals surface area contributed by atoms with E-state index in [1.807, 2.05) is 44.2 Å². The van der Waals surface area contributed by atoms with Gasteiger partial charge in [0.25, 0.3) is 0 Å². The number of aryl methyl sites for hydroxylation is 2. The summed E-state index contributed by atoms with van der Waals surface area (Å²) in [5.41, 5.74) is 3.48. The molecular formula is C19H21N3O2. The van der Waals surface area contributed by atoms with Crippen molar-refractivity contribution in [2.45, 2.75) is 13.8 Å². The zero-order valence-corrected chi connectivity index (χ0v) is 14.1. The number of hydrogen-bond donors (Lipinski definition) is 1. The minimum Gasteiger partial charge on any atom is -0.333 e. The van der Waals surface area contributed by atoms with Gasteiger partial charge in [0.05, 0.1) is 12.2 Å². The molecule has 0 aliphatic rings. The molecule has 2 rings (SSSR count). The zero-order chi connectivity index (χ0) is 17.5. The van der Waals surface area contributed by atoms with Gasteiger partial charge in [0.2, 0.25) is 11.8 Å². The number of pyridine rings is 1. The number of carbonyl (C=O) groups excluding carboxylic acids is 2. The second kappa shape index (κ2) is 8.06. The highest BCUT2D eigenvalue weighted by Gasteiger charge is 2.12. The summed E-state index contributed by atoms with van der Waals surface area (Å²) in [6.45, 7) is 3.86. The number of anilines is 1. The average molecular weight is 323 g/mol. The van der Waals surface area contributed by atoms with Crippen LogP contribution >= 0.6 is 0 Å². The van der Waals surface area contributed by atoms with E-state index in [2.05, 4.69) is 10.3 Å². The van der Waals surface area contributed by atoms with E-state index in [-0.39, 0.29) is 18.4 Å². The Labute approximate surface area is 142 Å². The minimum absolute atomic E-state index is 0.0147. The highest BCUT2D eigenvalue weighted by Crippen LogP contribution is 2.19. The summed E-state index contributed by atoms with van der Waals surface area (Å²) < 4.78 is 0. The number of rotatable bonds is 5. The molecule has 0 bridgehead atoms. The van der Waals surface area contributed by atoms with E-state index in [4.69, 9.17) is 0 Å². The quantitative estimate of drug-likeness (QED) is 0.861. The predicted octanol–water partition coefficient (Wildman–Crippen LogP) is 2.81. The smallest absolute Gasteiger partial charge is 0.246 e. The normalized spacial score (nSPS) is 10.6. The lowest BCUT2D eigenvalue weighted by atomic mass is 10.1. The van der Waals surface area contributed by atoms with Crippen LogP contribution in [0.1, 0.15) is 16.8 Å². The van der Waals surface area contributed by atoms with E-state index >= 15 is 0 Å². The first-order valence-corrected chi connectivity index (χ1v) is 7.67. The van der Waals surface area contributed by atoms with Gasteiger partial charge in [-0.05, 0) is 43.2 Å². The fraction of sp³-hybridized carbons (Fsp3) is 0.211. The number of para-hydroxylation sites is 1. The summed E-state index contributed by atoms with van der Waals surface area (Å²) in [6, 6.07) is 11.3. The number of hydrogen-bond acceptors (Lipinski definition) is 3. The topological polar surface area (TPSA) is 62.3 Å². The second-order valence-electron chi connectivity index (χ2n) is 5.60. The van der Waals surface area contributed by atoms with Crippen LogP contribution in [-0.2, 0) is 9.59 Å². The van der Waals surface area contributed by atoms with E-state index in [1.54, 1.807) is 25.4 Å². The van der Waals surface area contributed by atoms with Gasteiger partial charge >= 0.3 is 0 Å². The van der Waals surface area contributed by atoms with E-state index in [9.17, 15) is 9.59 Å². The van der Waals surface area contributed by atoms with Crippen molar-refractivity contribution >= 4 is 23.6 Å². The van der Waals surface area contributed by atoms with Gasteiger partial charge in [-0.2, -0.15) is 0 Å². The van der Waals surface area contributed by atoms with Gasteiger partial charge in [-0.1, -0.05) is 24.3 Å². The molecule has 0 saturated heterocycles. The summed E-state index contributed by atoms with van der Waals surface area (Å²) in [5.74, 6) is -0.480. The van der Waals surface area contributed by atoms with Crippen molar-refractivity contribution in [2.24, 2.45) is 0 Å². The summed E-state index contributed by atoms with van der Waals surface area (Å²) in [4.78, 5) is 29.7. The minimum atomic E-state index is -0.252. The molecule has 0 fully saturated rings. The molecule has 1 N–H and O–H groups in total. The molecule has 0 aliphatic heterocycles. The molecule has 0 radical (unpaired) electrons. The molecule has 0 spiro atoms. The van der Waals surface area contributed by atoms with Crippen LogP contribution in [0.25, 0.3) is 6.08 Å². The first-order valence-electron chi connectivity index (χ1n) is 7.67. The lowest BCUT2D eigenvalue weighted by Crippen LogP contribution is -2.34. The molecule has 24 heavy (non-hydrogen) atoms. The molecule has 1 heterocycles. The molecule has 5 heteroatoms. The SMILES string of the molecule is Cc1cccc(C)c1NC(=O)CN(C)C(=O)/C=C/c1ccccn1. The van der Waals surface area contributed by atoms with Gasteiger partial charge < -0.3 is 10.2 Å². The van der Waals surface area contributed by atoms with Crippen LogP contribution in [0.3, 0.4) is 0 Å². The fourth-order valence-corrected chi connectivity index (χ4v) is 2.24. The van der Waals surface area contributed by atoms with Crippen molar-refractivity contribution in [3.63, 3.8) is 0 Å². The van der Waals surface area contributed by atoms with Gasteiger partial charge in [0.1, 0.15) is 0 Å². The maximum absolute atomic E-state index is 12.2. The van der Waals surface area contributed by atoms with Crippen LogP contribution in [0.15, 0.2) is 48.7 Å². The monoisotopic (exact) mass is 323 g/mol. The van der Waals surface area contributed by atoms with Crippen molar-refractivity contribution < 1.29 is 9.59 Å². The number of benzene rings is 1. The molecular weight excluding hydrogens is 302 g/mol. The van der Waals surface area contributed by atoms with Crippen molar-refractivity contribution in [3.8, 4) is 0 Å². The molecule has 5 nitrogen and oxygen atoms in total. The standard InChI is InChI=1S/C19H21N3O2/c1-14-7-6-8-15(2)19(14)21-17(23)13-22(3)18(24)11-10-16-9-4-5-12-20-16/h4-12H,13H2,1-3H3,(H,21,23)/b11-10+. The Hall–Kier alpha value is -2.95. The molecule has 0 aliphatic carbocycles. The Morgan fingerprint density at radius 1 is 1.12 bits per heavy atom. The van der Waals surface area contributed by atoms with E-state index in [0.717, 1.165) is 16.8 Å². The molecule has 0 saturated carbocycles. The highest BCUT2D eigenvalue weighted by molar-refractivity contribution is 5.98. The Morgan fingerprint density at radius 3 is 2.46 bits per heavy atom. The van der Waals surface area contributed by atoms with Crippen molar-refractivity contribution in [1.29, 1.82) is 0 Å². The number of nitrogens with one attached hydrogen (secondary N) is 1. The molecule has 0 unspecified atom stereocenters. The van der Waals surface area contributed by atoms with Gasteiger partial charge in [0, 0.05) is 25.0 Å². The number of amides is 2. The van der Waals surface area contributed by atoms with Gasteiger partial charge in [-0.3, -0.25) is 14.6 Å². The number of aromatic nitrogens is 1. The zero-order valence-electron chi connectivity index (χ0n) is 14.1. The van der Waals surface area contributed by atoms with Crippen LogP contribution < -0.4 is 5.32 Å². The second-order valence-corrected chi connectivity index (χ2v) is 5.60. The van der Waals surface area contributed by atoms with Crippen LogP contribution in [-0.4, -0.2) is 35.3 Å². The fourth-order valence-electron chi connectivity index (χ4n) is 2.24. The van der Waals surface area contributed by atoms with Crippen LogP contribution in [0.4, 0.5) is 5.69 Å². The average Bonchev–Trinajstić information content (AvgIpc) is 2.57. The maximum Gasteiger partial charge on any atom is 0.246 e. The van der Waals surface area contributed by atoms with E-state index < -0.39 is 0 Å². The first-order chi connectivity index (χ1) is 11.5. The molecule has 1 aromatic carbocycles. The molecule has 124 valence electrons. The summed E-state index contributed by atoms with van der Waals surface area (Å²) in [7, 11) is 1.59. The Balaban J connectivity index is 1.93. The van der Waals surface area contributed by atoms with Gasteiger partial charge in [-0.15, -0.1) is 0 Å². The highest BCUT2D eigenvalue weighted by atomic mass is 16.2. The van der Waals surface area contributed by atoms with E-state index in [0.29, 0.717) is 5.69 Å². The van der Waals surface area contributed by atoms with Gasteiger partial charge in [0.15, 0.2) is 0 Å². The maximum atomic E-state index is 12.2.